The number of carbonyl (C=O) groups is 1. The third kappa shape index (κ3) is 3.50. The average molecular weight is 345 g/mol. The summed E-state index contributed by atoms with van der Waals surface area (Å²) in [7, 11) is 0. The zero-order valence-electron chi connectivity index (χ0n) is 11.8. The molecule has 0 aliphatic heterocycles. The fourth-order valence-corrected chi connectivity index (χ4v) is 3.29. The van der Waals surface area contributed by atoms with Gasteiger partial charge >= 0.3 is 0 Å². The van der Waals surface area contributed by atoms with Gasteiger partial charge in [-0.2, -0.15) is 0 Å². The third-order valence-corrected chi connectivity index (χ3v) is 5.36. The number of carbonyl (C=O) groups excluding carboxylic acids is 1. The number of nitrogens with two attached hydrogens (primary N) is 1. The molecule has 0 radical (unpaired) electrons. The van der Waals surface area contributed by atoms with Crippen LogP contribution < -0.4 is 11.1 Å². The van der Waals surface area contributed by atoms with Crippen LogP contribution in [0, 0.1) is 5.92 Å². The van der Waals surface area contributed by atoms with Gasteiger partial charge in [0.15, 0.2) is 0 Å². The van der Waals surface area contributed by atoms with Crippen LogP contribution >= 0.6 is 35.4 Å². The van der Waals surface area contributed by atoms with E-state index in [0.717, 1.165) is 25.7 Å². The van der Waals surface area contributed by atoms with Crippen LogP contribution in [-0.2, 0) is 0 Å². The van der Waals surface area contributed by atoms with Crippen molar-refractivity contribution >= 4 is 46.3 Å². The maximum absolute atomic E-state index is 12.5. The molecular weight excluding hydrogens is 327 g/mol. The molecule has 1 saturated carbocycles. The molecule has 1 amide bonds. The number of hydrogen-bond acceptors (Lipinski definition) is 2. The first kappa shape index (κ1) is 16.5. The maximum atomic E-state index is 12.5. The Balaban J connectivity index is 2.23. The van der Waals surface area contributed by atoms with E-state index in [0.29, 0.717) is 21.5 Å². The number of benzene rings is 1. The van der Waals surface area contributed by atoms with Crippen molar-refractivity contribution < 1.29 is 4.79 Å². The summed E-state index contributed by atoms with van der Waals surface area (Å²) < 4.78 is 0. The second kappa shape index (κ2) is 6.51. The molecule has 0 heterocycles. The van der Waals surface area contributed by atoms with E-state index in [1.807, 2.05) is 0 Å². The van der Waals surface area contributed by atoms with Crippen LogP contribution in [0.5, 0.6) is 0 Å². The normalized spacial score (nSPS) is 25.4. The zero-order valence-corrected chi connectivity index (χ0v) is 14.1. The molecule has 6 heteroatoms. The molecule has 0 atom stereocenters. The number of nitrogens with one attached hydrogen (secondary N) is 1. The Morgan fingerprint density at radius 2 is 2.00 bits per heavy atom. The molecule has 0 bridgehead atoms. The van der Waals surface area contributed by atoms with Crippen LogP contribution in [0.15, 0.2) is 18.2 Å². The van der Waals surface area contributed by atoms with E-state index in [1.165, 1.54) is 0 Å². The minimum absolute atomic E-state index is 0.249. The van der Waals surface area contributed by atoms with Crippen molar-refractivity contribution in [3.63, 3.8) is 0 Å². The van der Waals surface area contributed by atoms with Gasteiger partial charge in [0.25, 0.3) is 5.91 Å². The van der Waals surface area contributed by atoms with E-state index >= 15 is 0 Å². The lowest BCUT2D eigenvalue weighted by atomic mass is 9.77. The summed E-state index contributed by atoms with van der Waals surface area (Å²) in [5.41, 5.74) is 5.62. The molecule has 0 spiro atoms. The van der Waals surface area contributed by atoms with Crippen LogP contribution in [-0.4, -0.2) is 16.4 Å². The summed E-state index contributed by atoms with van der Waals surface area (Å²) in [4.78, 5) is 12.8. The third-order valence-electron chi connectivity index (χ3n) is 4.15. The predicted octanol–water partition coefficient (Wildman–Crippen LogP) is 3.96. The van der Waals surface area contributed by atoms with Crippen LogP contribution in [0.2, 0.25) is 10.0 Å². The second-order valence-corrected chi connectivity index (χ2v) is 6.91. The molecule has 3 nitrogen and oxygen atoms in total. The molecular formula is C15H18Cl2N2OS. The van der Waals surface area contributed by atoms with Crippen LogP contribution in [0.1, 0.15) is 43.0 Å². The summed E-state index contributed by atoms with van der Waals surface area (Å²) in [5, 5.41) is 3.59. The Labute approximate surface area is 140 Å². The van der Waals surface area contributed by atoms with Gasteiger partial charge in [-0.3, -0.25) is 4.79 Å². The number of rotatable bonds is 3. The van der Waals surface area contributed by atoms with Crippen LogP contribution in [0.25, 0.3) is 0 Å². The fraction of sp³-hybridized carbons (Fsp3) is 0.467. The van der Waals surface area contributed by atoms with Crippen LogP contribution in [0.4, 0.5) is 0 Å². The molecule has 1 aliphatic carbocycles. The van der Waals surface area contributed by atoms with E-state index in [9.17, 15) is 4.79 Å². The molecule has 1 aromatic rings. The molecule has 114 valence electrons. The second-order valence-electron chi connectivity index (χ2n) is 5.68. The van der Waals surface area contributed by atoms with Crippen molar-refractivity contribution in [1.82, 2.24) is 5.32 Å². The van der Waals surface area contributed by atoms with Gasteiger partial charge < -0.3 is 11.1 Å². The molecule has 1 fully saturated rings. The standard InChI is InChI=1S/C15H18Cl2N2OS/c1-9-5-7-15(8-6-9,14(18)21)19-13(20)10-3-2-4-11(16)12(10)17/h2-4,9H,5-8H2,1H3,(H2,18,21)(H,19,20). The van der Waals surface area contributed by atoms with E-state index in [2.05, 4.69) is 12.2 Å². The largest absolute Gasteiger partial charge is 0.391 e. The molecule has 21 heavy (non-hydrogen) atoms. The van der Waals surface area contributed by atoms with Gasteiger partial charge in [0.1, 0.15) is 0 Å². The topological polar surface area (TPSA) is 55.1 Å². The van der Waals surface area contributed by atoms with Gasteiger partial charge in [0.2, 0.25) is 0 Å². The summed E-state index contributed by atoms with van der Waals surface area (Å²) in [6, 6.07) is 4.98. The van der Waals surface area contributed by atoms with Crippen molar-refractivity contribution in [2.45, 2.75) is 38.1 Å². The van der Waals surface area contributed by atoms with Gasteiger partial charge in [0, 0.05) is 0 Å². The van der Waals surface area contributed by atoms with Gasteiger partial charge in [-0.15, -0.1) is 0 Å². The number of amides is 1. The van der Waals surface area contributed by atoms with Crippen molar-refractivity contribution in [3.8, 4) is 0 Å². The first-order valence-corrected chi connectivity index (χ1v) is 8.08. The molecule has 0 unspecified atom stereocenters. The highest BCUT2D eigenvalue weighted by atomic mass is 35.5. The maximum Gasteiger partial charge on any atom is 0.253 e. The Morgan fingerprint density at radius 1 is 1.38 bits per heavy atom. The predicted molar refractivity (Wildman–Crippen MR) is 91.1 cm³/mol. The van der Waals surface area contributed by atoms with E-state index < -0.39 is 5.54 Å². The van der Waals surface area contributed by atoms with Crippen LogP contribution in [0.3, 0.4) is 0 Å². The van der Waals surface area contributed by atoms with Gasteiger partial charge in [-0.05, 0) is 43.7 Å². The lowest BCUT2D eigenvalue weighted by Crippen LogP contribution is -2.58. The first-order valence-electron chi connectivity index (χ1n) is 6.92. The Morgan fingerprint density at radius 3 is 2.57 bits per heavy atom. The minimum Gasteiger partial charge on any atom is -0.391 e. The zero-order chi connectivity index (χ0) is 15.6. The summed E-state index contributed by atoms with van der Waals surface area (Å²) in [6.07, 6.45) is 3.49. The van der Waals surface area contributed by atoms with Crippen molar-refractivity contribution in [3.05, 3.63) is 33.8 Å². The highest BCUT2D eigenvalue weighted by Gasteiger charge is 2.38. The number of hydrogen-bond donors (Lipinski definition) is 2. The Hall–Kier alpha value is -0.840. The van der Waals surface area contributed by atoms with E-state index in [4.69, 9.17) is 41.2 Å². The highest BCUT2D eigenvalue weighted by molar-refractivity contribution is 7.80. The van der Waals surface area contributed by atoms with Crippen molar-refractivity contribution in [2.75, 3.05) is 0 Å². The fourth-order valence-electron chi connectivity index (χ4n) is 2.65. The molecule has 1 aliphatic rings. The lowest BCUT2D eigenvalue weighted by Gasteiger charge is -2.39. The van der Waals surface area contributed by atoms with Gasteiger partial charge in [0.05, 0.1) is 26.1 Å². The summed E-state index contributed by atoms with van der Waals surface area (Å²) in [6.45, 7) is 2.19. The number of halogens is 2. The SMILES string of the molecule is CC1CCC(NC(=O)c2cccc(Cl)c2Cl)(C(N)=S)CC1. The minimum atomic E-state index is -0.620. The first-order chi connectivity index (χ1) is 9.85. The van der Waals surface area contributed by atoms with Crippen molar-refractivity contribution in [1.29, 1.82) is 0 Å². The monoisotopic (exact) mass is 344 g/mol. The quantitative estimate of drug-likeness (QED) is 0.816. The molecule has 0 saturated heterocycles. The molecule has 0 aromatic heterocycles. The Kier molecular flexibility index (Phi) is 5.12. The highest BCUT2D eigenvalue weighted by Crippen LogP contribution is 2.33. The Bertz CT molecular complexity index is 569. The summed E-state index contributed by atoms with van der Waals surface area (Å²) >= 11 is 17.2. The van der Waals surface area contributed by atoms with Gasteiger partial charge in [-0.1, -0.05) is 48.4 Å². The van der Waals surface area contributed by atoms with E-state index in [-0.39, 0.29) is 10.9 Å². The molecule has 3 N–H and O–H groups in total. The van der Waals surface area contributed by atoms with Crippen molar-refractivity contribution in [2.24, 2.45) is 11.7 Å². The van der Waals surface area contributed by atoms with Gasteiger partial charge in [-0.25, -0.2) is 0 Å². The molecule has 2 rings (SSSR count). The molecule has 1 aromatic carbocycles. The number of thiocarbonyl (C=S) groups is 1. The lowest BCUT2D eigenvalue weighted by molar-refractivity contribution is 0.0901. The smallest absolute Gasteiger partial charge is 0.253 e. The average Bonchev–Trinajstić information content (AvgIpc) is 2.44. The summed E-state index contributed by atoms with van der Waals surface area (Å²) in [5.74, 6) is 0.337. The van der Waals surface area contributed by atoms with E-state index in [1.54, 1.807) is 18.2 Å².